The second-order valence-corrected chi connectivity index (χ2v) is 5.31. The lowest BCUT2D eigenvalue weighted by Gasteiger charge is -2.31. The number of amides is 1. The van der Waals surface area contributed by atoms with Crippen molar-refractivity contribution in [2.75, 3.05) is 6.54 Å². The average Bonchev–Trinajstić information content (AvgIpc) is 2.11. The normalized spacial score (nSPS) is 13.4. The van der Waals surface area contributed by atoms with Gasteiger partial charge in [0.25, 0.3) is 0 Å². The number of hydrogen-bond acceptors (Lipinski definition) is 2. The second-order valence-electron chi connectivity index (χ2n) is 5.31. The summed E-state index contributed by atoms with van der Waals surface area (Å²) in [5.74, 6) is 0. The fourth-order valence-corrected chi connectivity index (χ4v) is 1.63. The molecule has 0 radical (unpaired) electrons. The number of nitrogens with zero attached hydrogens (tertiary/aromatic N) is 1. The molecule has 1 unspecified atom stereocenters. The van der Waals surface area contributed by atoms with Crippen LogP contribution >= 0.6 is 0 Å². The molecule has 0 aromatic rings. The van der Waals surface area contributed by atoms with Gasteiger partial charge >= 0.3 is 6.09 Å². The summed E-state index contributed by atoms with van der Waals surface area (Å²) in [5.41, 5.74) is -0.408. The molecule has 0 saturated heterocycles. The molecule has 1 amide bonds. The lowest BCUT2D eigenvalue weighted by molar-refractivity contribution is 0.0168. The van der Waals surface area contributed by atoms with Gasteiger partial charge in [0.05, 0.1) is 0 Å². The van der Waals surface area contributed by atoms with Crippen molar-refractivity contribution in [3.63, 3.8) is 0 Å². The van der Waals surface area contributed by atoms with Crippen molar-refractivity contribution in [3.8, 4) is 0 Å². The summed E-state index contributed by atoms with van der Waals surface area (Å²) in [6, 6.07) is 0.264. The van der Waals surface area contributed by atoms with E-state index < -0.39 is 5.60 Å². The SMILES string of the molecule is CCCC(C)N(CCC)C(=O)OC(C)(C)C. The molecule has 0 aliphatic carbocycles. The third-order valence-corrected chi connectivity index (χ3v) is 2.33. The van der Waals surface area contributed by atoms with Crippen LogP contribution in [-0.4, -0.2) is 29.2 Å². The predicted molar refractivity (Wildman–Crippen MR) is 67.6 cm³/mol. The maximum absolute atomic E-state index is 12.0. The van der Waals surface area contributed by atoms with E-state index in [1.165, 1.54) is 0 Å². The Morgan fingerprint density at radius 3 is 2.19 bits per heavy atom. The smallest absolute Gasteiger partial charge is 0.410 e. The van der Waals surface area contributed by atoms with Crippen molar-refractivity contribution in [3.05, 3.63) is 0 Å². The number of carbonyl (C=O) groups is 1. The molecule has 16 heavy (non-hydrogen) atoms. The van der Waals surface area contributed by atoms with E-state index in [2.05, 4.69) is 20.8 Å². The van der Waals surface area contributed by atoms with Crippen LogP contribution in [0.1, 0.15) is 60.8 Å². The number of ether oxygens (including phenoxy) is 1. The van der Waals surface area contributed by atoms with Crippen LogP contribution in [-0.2, 0) is 4.74 Å². The predicted octanol–water partition coefficient (Wildman–Crippen LogP) is 3.82. The minimum absolute atomic E-state index is 0.185. The average molecular weight is 229 g/mol. The molecular weight excluding hydrogens is 202 g/mol. The van der Waals surface area contributed by atoms with Gasteiger partial charge in [-0.1, -0.05) is 20.3 Å². The van der Waals surface area contributed by atoms with Gasteiger partial charge in [-0.2, -0.15) is 0 Å². The first-order valence-corrected chi connectivity index (χ1v) is 6.31. The summed E-state index contributed by atoms with van der Waals surface area (Å²) < 4.78 is 5.41. The summed E-state index contributed by atoms with van der Waals surface area (Å²) in [6.07, 6.45) is 2.90. The van der Waals surface area contributed by atoms with Crippen LogP contribution in [0.15, 0.2) is 0 Å². The third kappa shape index (κ3) is 5.99. The van der Waals surface area contributed by atoms with Crippen LogP contribution in [0, 0.1) is 0 Å². The Morgan fingerprint density at radius 2 is 1.81 bits per heavy atom. The molecule has 0 rings (SSSR count). The van der Waals surface area contributed by atoms with E-state index >= 15 is 0 Å². The number of carbonyl (C=O) groups excluding carboxylic acids is 1. The zero-order valence-electron chi connectivity index (χ0n) is 11.7. The fraction of sp³-hybridized carbons (Fsp3) is 0.923. The van der Waals surface area contributed by atoms with E-state index in [0.717, 1.165) is 25.8 Å². The lowest BCUT2D eigenvalue weighted by atomic mass is 10.1. The highest BCUT2D eigenvalue weighted by Crippen LogP contribution is 2.14. The molecule has 96 valence electrons. The molecule has 0 saturated carbocycles. The van der Waals surface area contributed by atoms with Gasteiger partial charge in [0.2, 0.25) is 0 Å². The summed E-state index contributed by atoms with van der Waals surface area (Å²) in [5, 5.41) is 0. The minimum atomic E-state index is -0.408. The summed E-state index contributed by atoms with van der Waals surface area (Å²) >= 11 is 0. The fourth-order valence-electron chi connectivity index (χ4n) is 1.63. The van der Waals surface area contributed by atoms with Gasteiger partial charge in [-0.3, -0.25) is 0 Å². The Kier molecular flexibility index (Phi) is 6.46. The Labute approximate surface area is 100 Å². The highest BCUT2D eigenvalue weighted by atomic mass is 16.6. The molecule has 0 aliphatic heterocycles. The standard InChI is InChI=1S/C13H27NO2/c1-7-9-11(3)14(10-8-2)12(15)16-13(4,5)6/h11H,7-10H2,1-6H3. The summed E-state index contributed by atoms with van der Waals surface area (Å²) in [4.78, 5) is 13.8. The molecule has 0 spiro atoms. The largest absolute Gasteiger partial charge is 0.444 e. The molecule has 3 heteroatoms. The van der Waals surface area contributed by atoms with Crippen molar-refractivity contribution < 1.29 is 9.53 Å². The van der Waals surface area contributed by atoms with Gasteiger partial charge in [0.1, 0.15) is 5.60 Å². The highest BCUT2D eigenvalue weighted by molar-refractivity contribution is 5.68. The Hall–Kier alpha value is -0.730. The molecule has 0 aromatic carbocycles. The number of rotatable bonds is 5. The van der Waals surface area contributed by atoms with Gasteiger partial charge in [0.15, 0.2) is 0 Å². The van der Waals surface area contributed by atoms with Crippen molar-refractivity contribution in [2.24, 2.45) is 0 Å². The van der Waals surface area contributed by atoms with Crippen LogP contribution in [0.5, 0.6) is 0 Å². The van der Waals surface area contributed by atoms with Crippen LogP contribution < -0.4 is 0 Å². The van der Waals surface area contributed by atoms with Gasteiger partial charge in [-0.15, -0.1) is 0 Å². The first-order valence-electron chi connectivity index (χ1n) is 6.31. The zero-order valence-corrected chi connectivity index (χ0v) is 11.7. The van der Waals surface area contributed by atoms with Crippen molar-refractivity contribution in [1.29, 1.82) is 0 Å². The zero-order chi connectivity index (χ0) is 12.8. The molecule has 0 bridgehead atoms. The van der Waals surface area contributed by atoms with Gasteiger partial charge in [-0.05, 0) is 40.5 Å². The molecule has 3 nitrogen and oxygen atoms in total. The van der Waals surface area contributed by atoms with Crippen LogP contribution in [0.4, 0.5) is 4.79 Å². The van der Waals surface area contributed by atoms with E-state index in [1.807, 2.05) is 25.7 Å². The monoisotopic (exact) mass is 229 g/mol. The van der Waals surface area contributed by atoms with Gasteiger partial charge in [-0.25, -0.2) is 4.79 Å². The lowest BCUT2D eigenvalue weighted by Crippen LogP contribution is -2.42. The van der Waals surface area contributed by atoms with E-state index in [4.69, 9.17) is 4.74 Å². The van der Waals surface area contributed by atoms with E-state index in [0.29, 0.717) is 0 Å². The van der Waals surface area contributed by atoms with Crippen molar-refractivity contribution in [1.82, 2.24) is 4.90 Å². The second kappa shape index (κ2) is 6.77. The molecule has 0 aliphatic rings. The molecule has 0 fully saturated rings. The van der Waals surface area contributed by atoms with Gasteiger partial charge < -0.3 is 9.64 Å². The molecule has 0 N–H and O–H groups in total. The molecule has 1 atom stereocenters. The minimum Gasteiger partial charge on any atom is -0.444 e. The summed E-state index contributed by atoms with van der Waals surface area (Å²) in [6.45, 7) is 12.8. The van der Waals surface area contributed by atoms with Crippen molar-refractivity contribution in [2.45, 2.75) is 72.4 Å². The Balaban J connectivity index is 4.45. The Bertz CT molecular complexity index is 208. The van der Waals surface area contributed by atoms with E-state index in [-0.39, 0.29) is 12.1 Å². The van der Waals surface area contributed by atoms with Crippen LogP contribution in [0.3, 0.4) is 0 Å². The van der Waals surface area contributed by atoms with Crippen LogP contribution in [0.25, 0.3) is 0 Å². The maximum Gasteiger partial charge on any atom is 0.410 e. The summed E-state index contributed by atoms with van der Waals surface area (Å²) in [7, 11) is 0. The van der Waals surface area contributed by atoms with Crippen LogP contribution in [0.2, 0.25) is 0 Å². The molecular formula is C13H27NO2. The highest BCUT2D eigenvalue weighted by Gasteiger charge is 2.24. The quantitative estimate of drug-likeness (QED) is 0.717. The molecule has 0 heterocycles. The van der Waals surface area contributed by atoms with Gasteiger partial charge in [0, 0.05) is 12.6 Å². The van der Waals surface area contributed by atoms with E-state index in [1.54, 1.807) is 0 Å². The van der Waals surface area contributed by atoms with Crippen molar-refractivity contribution >= 4 is 6.09 Å². The first-order chi connectivity index (χ1) is 7.31. The third-order valence-electron chi connectivity index (χ3n) is 2.33. The first kappa shape index (κ1) is 15.3. The molecule has 0 aromatic heterocycles. The number of hydrogen-bond donors (Lipinski definition) is 0. The maximum atomic E-state index is 12.0. The Morgan fingerprint density at radius 1 is 1.25 bits per heavy atom. The van der Waals surface area contributed by atoms with E-state index in [9.17, 15) is 4.79 Å². The topological polar surface area (TPSA) is 29.5 Å².